The summed E-state index contributed by atoms with van der Waals surface area (Å²) in [6.07, 6.45) is 0. The number of hydrogen-bond acceptors (Lipinski definition) is 3. The largest absolute Gasteiger partial charge is 0.334 e. The molecule has 0 saturated carbocycles. The van der Waals surface area contributed by atoms with Crippen LogP contribution in [0.4, 0.5) is 4.39 Å². The quantitative estimate of drug-likeness (QED) is 0.629. The molecular formula is C20H24FN3OS. The molecule has 1 atom stereocenters. The summed E-state index contributed by atoms with van der Waals surface area (Å²) < 4.78 is 15.1. The van der Waals surface area contributed by atoms with Crippen molar-refractivity contribution in [1.82, 2.24) is 14.7 Å². The van der Waals surface area contributed by atoms with Gasteiger partial charge in [-0.15, -0.1) is 11.3 Å². The number of amides is 1. The van der Waals surface area contributed by atoms with E-state index in [0.29, 0.717) is 10.8 Å². The molecule has 26 heavy (non-hydrogen) atoms. The number of carbonyl (C=O) groups excluding carboxylic acids is 1. The monoisotopic (exact) mass is 373 g/mol. The molecule has 0 radical (unpaired) electrons. The van der Waals surface area contributed by atoms with Gasteiger partial charge in [-0.2, -0.15) is 5.10 Å². The molecule has 1 aromatic carbocycles. The van der Waals surface area contributed by atoms with Crippen molar-refractivity contribution in [2.75, 3.05) is 7.05 Å². The van der Waals surface area contributed by atoms with Crippen LogP contribution in [0.25, 0.3) is 10.2 Å². The van der Waals surface area contributed by atoms with Crippen molar-refractivity contribution in [3.63, 3.8) is 0 Å². The number of rotatable bonds is 5. The minimum absolute atomic E-state index is 0.0291. The number of carbonyl (C=O) groups is 1. The molecule has 1 unspecified atom stereocenters. The molecule has 6 heteroatoms. The van der Waals surface area contributed by atoms with Gasteiger partial charge in [0, 0.05) is 19.0 Å². The van der Waals surface area contributed by atoms with Gasteiger partial charge in [0.2, 0.25) is 0 Å². The SMILES string of the molecule is Cc1nn(CC(C)C)c2sc(C(=O)N(C)C(C)c3ccc(F)cc3)cc12. The topological polar surface area (TPSA) is 38.1 Å². The minimum Gasteiger partial charge on any atom is -0.334 e. The zero-order valence-electron chi connectivity index (χ0n) is 15.8. The lowest BCUT2D eigenvalue weighted by molar-refractivity contribution is 0.0747. The highest BCUT2D eigenvalue weighted by Gasteiger charge is 2.23. The fourth-order valence-corrected chi connectivity index (χ4v) is 4.16. The lowest BCUT2D eigenvalue weighted by Gasteiger charge is -2.24. The van der Waals surface area contributed by atoms with E-state index in [-0.39, 0.29) is 17.8 Å². The summed E-state index contributed by atoms with van der Waals surface area (Å²) in [5.41, 5.74) is 1.86. The number of benzene rings is 1. The molecule has 3 aromatic rings. The second kappa shape index (κ2) is 7.19. The first-order chi connectivity index (χ1) is 12.3. The first kappa shape index (κ1) is 18.6. The van der Waals surface area contributed by atoms with E-state index >= 15 is 0 Å². The molecule has 0 aliphatic heterocycles. The van der Waals surface area contributed by atoms with E-state index in [4.69, 9.17) is 0 Å². The van der Waals surface area contributed by atoms with Crippen LogP contribution < -0.4 is 0 Å². The van der Waals surface area contributed by atoms with Gasteiger partial charge >= 0.3 is 0 Å². The highest BCUT2D eigenvalue weighted by molar-refractivity contribution is 7.20. The number of hydrogen-bond donors (Lipinski definition) is 0. The lowest BCUT2D eigenvalue weighted by Crippen LogP contribution is -2.29. The molecule has 0 fully saturated rings. The summed E-state index contributed by atoms with van der Waals surface area (Å²) in [5.74, 6) is 0.183. The van der Waals surface area contributed by atoms with E-state index in [9.17, 15) is 9.18 Å². The van der Waals surface area contributed by atoms with Gasteiger partial charge in [0.05, 0.1) is 16.6 Å². The molecule has 0 aliphatic rings. The molecule has 3 rings (SSSR count). The number of aromatic nitrogens is 2. The van der Waals surface area contributed by atoms with Gasteiger partial charge in [-0.1, -0.05) is 26.0 Å². The summed E-state index contributed by atoms with van der Waals surface area (Å²) >= 11 is 1.49. The Morgan fingerprint density at radius 3 is 2.54 bits per heavy atom. The molecule has 2 aromatic heterocycles. The third-order valence-corrected chi connectivity index (χ3v) is 5.75. The van der Waals surface area contributed by atoms with Gasteiger partial charge in [0.25, 0.3) is 5.91 Å². The Hall–Kier alpha value is -2.21. The Morgan fingerprint density at radius 2 is 1.92 bits per heavy atom. The standard InChI is InChI=1S/C20H24FN3OS/c1-12(2)11-24-20-17(13(3)22-24)10-18(26-20)19(25)23(5)14(4)15-6-8-16(21)9-7-15/h6-10,12,14H,11H2,1-5H3. The zero-order chi connectivity index (χ0) is 19.0. The summed E-state index contributed by atoms with van der Waals surface area (Å²) in [5, 5.41) is 5.64. The fourth-order valence-electron chi connectivity index (χ4n) is 3.00. The van der Waals surface area contributed by atoms with E-state index in [1.54, 1.807) is 24.1 Å². The Labute approximate surface area is 157 Å². The third-order valence-electron chi connectivity index (χ3n) is 4.61. The normalized spacial score (nSPS) is 12.7. The second-order valence-electron chi connectivity index (χ2n) is 7.13. The van der Waals surface area contributed by atoms with Gasteiger partial charge in [0.15, 0.2) is 0 Å². The second-order valence-corrected chi connectivity index (χ2v) is 8.17. The fraction of sp³-hybridized carbons (Fsp3) is 0.400. The molecule has 0 spiro atoms. The van der Waals surface area contributed by atoms with Gasteiger partial charge in [-0.3, -0.25) is 9.48 Å². The Kier molecular flexibility index (Phi) is 5.14. The van der Waals surface area contributed by atoms with Crippen LogP contribution in [0.15, 0.2) is 30.3 Å². The van der Waals surface area contributed by atoms with E-state index in [1.807, 2.05) is 24.6 Å². The average Bonchev–Trinajstić information content (AvgIpc) is 3.15. The Balaban J connectivity index is 1.88. The highest BCUT2D eigenvalue weighted by atomic mass is 32.1. The molecule has 2 heterocycles. The number of thiophene rings is 1. The predicted octanol–water partition coefficient (Wildman–Crippen LogP) is 5.03. The first-order valence-electron chi connectivity index (χ1n) is 8.77. The average molecular weight is 373 g/mol. The van der Waals surface area contributed by atoms with Crippen molar-refractivity contribution >= 4 is 27.5 Å². The van der Waals surface area contributed by atoms with Gasteiger partial charge in [-0.25, -0.2) is 4.39 Å². The maximum atomic E-state index is 13.1. The van der Waals surface area contributed by atoms with Crippen molar-refractivity contribution < 1.29 is 9.18 Å². The van der Waals surface area contributed by atoms with Crippen LogP contribution in [0.3, 0.4) is 0 Å². The summed E-state index contributed by atoms with van der Waals surface area (Å²) in [7, 11) is 1.79. The Bertz CT molecular complexity index is 927. The van der Waals surface area contributed by atoms with Gasteiger partial charge < -0.3 is 4.90 Å². The number of fused-ring (bicyclic) bond motifs is 1. The van der Waals surface area contributed by atoms with Crippen LogP contribution in [0.5, 0.6) is 0 Å². The van der Waals surface area contributed by atoms with E-state index in [1.165, 1.54) is 23.5 Å². The van der Waals surface area contributed by atoms with Crippen molar-refractivity contribution in [3.8, 4) is 0 Å². The summed E-state index contributed by atoms with van der Waals surface area (Å²) in [6, 6.07) is 8.09. The molecule has 138 valence electrons. The highest BCUT2D eigenvalue weighted by Crippen LogP contribution is 2.31. The summed E-state index contributed by atoms with van der Waals surface area (Å²) in [6.45, 7) is 9.07. The van der Waals surface area contributed by atoms with Crippen LogP contribution in [-0.2, 0) is 6.54 Å². The molecule has 0 bridgehead atoms. The molecule has 4 nitrogen and oxygen atoms in total. The van der Waals surface area contributed by atoms with E-state index < -0.39 is 0 Å². The smallest absolute Gasteiger partial charge is 0.264 e. The van der Waals surface area contributed by atoms with Crippen molar-refractivity contribution in [3.05, 3.63) is 52.3 Å². The summed E-state index contributed by atoms with van der Waals surface area (Å²) in [4.78, 5) is 16.4. The predicted molar refractivity (Wildman–Crippen MR) is 104 cm³/mol. The zero-order valence-corrected chi connectivity index (χ0v) is 16.6. The molecule has 0 N–H and O–H groups in total. The molecule has 1 amide bonds. The number of nitrogens with zero attached hydrogens (tertiary/aromatic N) is 3. The number of aryl methyl sites for hydroxylation is 1. The van der Waals surface area contributed by atoms with Crippen molar-refractivity contribution in [2.45, 2.75) is 40.3 Å². The van der Waals surface area contributed by atoms with E-state index in [0.717, 1.165) is 28.0 Å². The number of halogens is 1. The van der Waals surface area contributed by atoms with Gasteiger partial charge in [-0.05, 0) is 43.5 Å². The van der Waals surface area contributed by atoms with Crippen LogP contribution in [0.1, 0.15) is 47.7 Å². The van der Waals surface area contributed by atoms with Crippen LogP contribution in [0.2, 0.25) is 0 Å². The molecule has 0 saturated heterocycles. The van der Waals surface area contributed by atoms with Crippen LogP contribution >= 0.6 is 11.3 Å². The molecular weight excluding hydrogens is 349 g/mol. The third kappa shape index (κ3) is 3.51. The lowest BCUT2D eigenvalue weighted by atomic mass is 10.1. The van der Waals surface area contributed by atoms with Crippen molar-refractivity contribution in [2.24, 2.45) is 5.92 Å². The van der Waals surface area contributed by atoms with Crippen molar-refractivity contribution in [1.29, 1.82) is 0 Å². The minimum atomic E-state index is -0.274. The molecule has 0 aliphatic carbocycles. The van der Waals surface area contributed by atoms with Crippen LogP contribution in [-0.4, -0.2) is 27.6 Å². The first-order valence-corrected chi connectivity index (χ1v) is 9.59. The van der Waals surface area contributed by atoms with Crippen LogP contribution in [0, 0.1) is 18.7 Å². The maximum Gasteiger partial charge on any atom is 0.264 e. The van der Waals surface area contributed by atoms with Gasteiger partial charge in [0.1, 0.15) is 10.6 Å². The maximum absolute atomic E-state index is 13.1. The Morgan fingerprint density at radius 1 is 1.27 bits per heavy atom. The van der Waals surface area contributed by atoms with E-state index in [2.05, 4.69) is 18.9 Å².